The summed E-state index contributed by atoms with van der Waals surface area (Å²) < 4.78 is 0. The standard InChI is InChI=1S/12BH3O3.Na.H/c12*2-1(3)4;;/h12*2-4H;;. The zero-order valence-corrected chi connectivity index (χ0v) is 23.0. The molecule has 0 aliphatic carbocycles. The first-order valence-corrected chi connectivity index (χ1v) is 9.30. The molecule has 0 spiro atoms. The molecule has 49 heteroatoms. The predicted molar refractivity (Wildman–Crippen MR) is 156 cm³/mol. The summed E-state index contributed by atoms with van der Waals surface area (Å²) in [7, 11) is -26.0. The summed E-state index contributed by atoms with van der Waals surface area (Å²) in [5.74, 6) is 0. The summed E-state index contributed by atoms with van der Waals surface area (Å²) in [6.45, 7) is 0. The Labute approximate surface area is 298 Å². The molecule has 0 saturated carbocycles. The van der Waals surface area contributed by atoms with E-state index in [4.69, 9.17) is 181 Å². The Morgan fingerprint density at radius 1 is 0.102 bits per heavy atom. The summed E-state index contributed by atoms with van der Waals surface area (Å²) >= 11 is 0. The summed E-state index contributed by atoms with van der Waals surface area (Å²) in [6.07, 6.45) is 0. The van der Waals surface area contributed by atoms with Crippen molar-refractivity contribution in [3.8, 4) is 0 Å². The zero-order chi connectivity index (χ0) is 42.9. The number of rotatable bonds is 0. The molecule has 0 rings (SSSR count). The van der Waals surface area contributed by atoms with E-state index in [-0.39, 0.29) is 29.6 Å². The van der Waals surface area contributed by atoms with Gasteiger partial charge in [-0.1, -0.05) is 0 Å². The first-order valence-electron chi connectivity index (χ1n) is 9.30. The van der Waals surface area contributed by atoms with Gasteiger partial charge in [0.1, 0.15) is 0 Å². The topological polar surface area (TPSA) is 728 Å². The number of hydrogen-bond donors (Lipinski definition) is 36. The van der Waals surface area contributed by atoms with Gasteiger partial charge in [0.15, 0.2) is 0 Å². The van der Waals surface area contributed by atoms with Gasteiger partial charge in [0.2, 0.25) is 0 Å². The molecule has 0 fully saturated rings. The summed E-state index contributed by atoms with van der Waals surface area (Å²) in [4.78, 5) is 0. The van der Waals surface area contributed by atoms with Crippen molar-refractivity contribution in [3.05, 3.63) is 0 Å². The van der Waals surface area contributed by atoms with Crippen LogP contribution in [0.15, 0.2) is 0 Å². The molecule has 0 bridgehead atoms. The molecule has 0 aromatic rings. The normalized spacial score (nSPS) is 6.61. The Bertz CT molecular complexity index is 232. The molecular formula is H37B12NaO36. The van der Waals surface area contributed by atoms with Gasteiger partial charge in [0, 0.05) is 0 Å². The van der Waals surface area contributed by atoms with Crippen molar-refractivity contribution < 1.29 is 181 Å². The summed E-state index contributed by atoms with van der Waals surface area (Å²) in [6, 6.07) is 0. The van der Waals surface area contributed by atoms with Gasteiger partial charge in [-0.15, -0.1) is 0 Å². The van der Waals surface area contributed by atoms with Crippen LogP contribution in [-0.4, -0.2) is 298 Å². The van der Waals surface area contributed by atoms with Crippen molar-refractivity contribution in [2.45, 2.75) is 0 Å². The molecule has 0 aromatic heterocycles. The van der Waals surface area contributed by atoms with Crippen molar-refractivity contribution in [1.29, 1.82) is 0 Å². The minimum absolute atomic E-state index is 0. The molecule has 49 heavy (non-hydrogen) atoms. The average Bonchev–Trinajstić information content (AvgIpc) is 2.61. The second-order valence-electron chi connectivity index (χ2n) is 4.16. The van der Waals surface area contributed by atoms with Gasteiger partial charge in [-0.05, 0) is 0 Å². The van der Waals surface area contributed by atoms with Crippen molar-refractivity contribution in [3.63, 3.8) is 0 Å². The Hall–Kier alpha value is 0.339. The van der Waals surface area contributed by atoms with Crippen molar-refractivity contribution in [1.82, 2.24) is 0 Å². The van der Waals surface area contributed by atoms with Crippen LogP contribution >= 0.6 is 0 Å². The van der Waals surface area contributed by atoms with Crippen LogP contribution in [0.1, 0.15) is 0 Å². The van der Waals surface area contributed by atoms with Crippen LogP contribution in [0.5, 0.6) is 0 Å². The third kappa shape index (κ3) is 902000. The Morgan fingerprint density at radius 3 is 0.102 bits per heavy atom. The van der Waals surface area contributed by atoms with Crippen LogP contribution in [-0.2, 0) is 0 Å². The monoisotopic (exact) mass is 768 g/mol. The van der Waals surface area contributed by atoms with Gasteiger partial charge in [0.05, 0.1) is 0 Å². The molecule has 0 aliphatic heterocycles. The van der Waals surface area contributed by atoms with Gasteiger partial charge in [0.25, 0.3) is 0 Å². The minimum atomic E-state index is -2.17. The Kier molecular flexibility index (Phi) is 146. The maximum absolute atomic E-state index is 7.17. The molecule has 0 radical (unpaired) electrons. The van der Waals surface area contributed by atoms with Gasteiger partial charge in [-0.2, -0.15) is 0 Å². The maximum atomic E-state index is 7.17. The van der Waals surface area contributed by atoms with Crippen LogP contribution < -0.4 is 0 Å². The predicted octanol–water partition coefficient (Wildman–Crippen LogP) is -25.3. The Balaban J connectivity index is -0.0000000262. The molecular weight excluding hydrogens is 729 g/mol. The molecule has 36 nitrogen and oxygen atoms in total. The second-order valence-corrected chi connectivity index (χ2v) is 4.16. The van der Waals surface area contributed by atoms with Crippen LogP contribution in [0.2, 0.25) is 0 Å². The van der Waals surface area contributed by atoms with Crippen molar-refractivity contribution in [2.24, 2.45) is 0 Å². The van der Waals surface area contributed by atoms with E-state index in [0.717, 1.165) is 0 Å². The number of hydrogen-bond acceptors (Lipinski definition) is 36. The SMILES string of the molecule is OB(O)O.OB(O)O.OB(O)O.OB(O)O.OB(O)O.OB(O)O.OB(O)O.OB(O)O.OB(O)O.OB(O)O.OB(O)O.OB(O)O.[NaH]. The van der Waals surface area contributed by atoms with Crippen LogP contribution in [0.4, 0.5) is 0 Å². The molecule has 36 N–H and O–H groups in total. The quantitative estimate of drug-likeness (QED) is 0.102. The second kappa shape index (κ2) is 82.0. The van der Waals surface area contributed by atoms with E-state index in [1.807, 2.05) is 0 Å². The van der Waals surface area contributed by atoms with Crippen LogP contribution in [0.25, 0.3) is 0 Å². The van der Waals surface area contributed by atoms with Gasteiger partial charge >= 0.3 is 117 Å². The molecule has 0 unspecified atom stereocenters. The summed E-state index contributed by atoms with van der Waals surface area (Å²) in [5.41, 5.74) is 0. The van der Waals surface area contributed by atoms with Crippen molar-refractivity contribution in [2.75, 3.05) is 0 Å². The fourth-order valence-electron chi connectivity index (χ4n) is 0. The van der Waals surface area contributed by atoms with Gasteiger partial charge in [-0.25, -0.2) is 0 Å². The zero-order valence-electron chi connectivity index (χ0n) is 23.0. The molecule has 0 atom stereocenters. The van der Waals surface area contributed by atoms with E-state index in [2.05, 4.69) is 0 Å². The van der Waals surface area contributed by atoms with E-state index >= 15 is 0 Å². The fourth-order valence-corrected chi connectivity index (χ4v) is 0. The van der Waals surface area contributed by atoms with E-state index in [1.165, 1.54) is 0 Å². The fraction of sp³-hybridized carbons (Fsp3) is 0. The Morgan fingerprint density at radius 2 is 0.102 bits per heavy atom. The van der Waals surface area contributed by atoms with E-state index in [9.17, 15) is 0 Å². The van der Waals surface area contributed by atoms with Crippen LogP contribution in [0.3, 0.4) is 0 Å². The average molecular weight is 766 g/mol. The third-order valence-corrected chi connectivity index (χ3v) is 0. The van der Waals surface area contributed by atoms with E-state index in [0.29, 0.717) is 0 Å². The molecule has 0 heterocycles. The van der Waals surface area contributed by atoms with Gasteiger partial charge < -0.3 is 181 Å². The first kappa shape index (κ1) is 87.3. The van der Waals surface area contributed by atoms with Crippen molar-refractivity contribution >= 4 is 117 Å². The molecule has 290 valence electrons. The third-order valence-electron chi connectivity index (χ3n) is 0. The first-order chi connectivity index (χ1) is 20.8. The van der Waals surface area contributed by atoms with E-state index < -0.39 is 87.9 Å². The molecule has 0 amide bonds. The molecule has 0 aromatic carbocycles. The van der Waals surface area contributed by atoms with E-state index in [1.54, 1.807) is 0 Å². The van der Waals surface area contributed by atoms with Gasteiger partial charge in [-0.3, -0.25) is 0 Å². The summed E-state index contributed by atoms with van der Waals surface area (Å²) in [5, 5.41) is 258. The molecule has 0 saturated heterocycles. The van der Waals surface area contributed by atoms with Crippen LogP contribution in [0, 0.1) is 0 Å². The molecule has 0 aliphatic rings.